The highest BCUT2D eigenvalue weighted by Gasteiger charge is 2.16. The van der Waals surface area contributed by atoms with Gasteiger partial charge in [0.1, 0.15) is 0 Å². The summed E-state index contributed by atoms with van der Waals surface area (Å²) in [4.78, 5) is 33.7. The number of carbonyl (C=O) groups excluding carboxylic acids is 2. The Labute approximate surface area is 209 Å². The summed E-state index contributed by atoms with van der Waals surface area (Å²) in [7, 11) is 7.93. The number of likely N-dealkylation sites (N-methyl/N-ethyl adjacent to an activating group) is 4. The van der Waals surface area contributed by atoms with Gasteiger partial charge in [0.05, 0.1) is 0 Å². The van der Waals surface area contributed by atoms with Crippen LogP contribution in [0.1, 0.15) is 85.9 Å². The molecule has 0 aromatic heterocycles. The van der Waals surface area contributed by atoms with Crippen molar-refractivity contribution in [3.05, 3.63) is 35.4 Å². The second-order valence-corrected chi connectivity index (χ2v) is 9.76. The summed E-state index contributed by atoms with van der Waals surface area (Å²) < 4.78 is 0. The number of hydrogen-bond acceptors (Lipinski definition) is 4. The van der Waals surface area contributed by atoms with Crippen LogP contribution in [0.3, 0.4) is 0 Å². The number of hydrogen-bond donors (Lipinski definition) is 0. The van der Waals surface area contributed by atoms with Gasteiger partial charge in [0.25, 0.3) is 11.8 Å². The molecule has 1 rings (SSSR count). The van der Waals surface area contributed by atoms with Crippen LogP contribution in [0.25, 0.3) is 0 Å². The quantitative estimate of drug-likeness (QED) is 0.285. The van der Waals surface area contributed by atoms with E-state index in [9.17, 15) is 9.59 Å². The summed E-state index contributed by atoms with van der Waals surface area (Å²) in [6, 6.07) is 7.09. The molecule has 0 radical (unpaired) electrons. The lowest BCUT2D eigenvalue weighted by Crippen LogP contribution is -2.35. The molecular weight excluding hydrogens is 424 g/mol. The summed E-state index contributed by atoms with van der Waals surface area (Å²) in [5.74, 6) is -0.00660. The lowest BCUT2D eigenvalue weighted by molar-refractivity contribution is 0.0770. The van der Waals surface area contributed by atoms with Crippen molar-refractivity contribution >= 4 is 11.8 Å². The predicted octanol–water partition coefficient (Wildman–Crippen LogP) is 4.85. The lowest BCUT2D eigenvalue weighted by atomic mass is 10.1. The minimum Gasteiger partial charge on any atom is -0.340 e. The first kappa shape index (κ1) is 30.1. The highest BCUT2D eigenvalue weighted by Crippen LogP contribution is 2.10. The minimum atomic E-state index is -0.00330. The Hall–Kier alpha value is -1.92. The molecule has 0 heterocycles. The Balaban J connectivity index is 2.44. The van der Waals surface area contributed by atoms with Crippen LogP contribution in [-0.4, -0.2) is 98.9 Å². The summed E-state index contributed by atoms with van der Waals surface area (Å²) in [6.07, 6.45) is 10.0. The summed E-state index contributed by atoms with van der Waals surface area (Å²) in [5, 5.41) is 0. The average Bonchev–Trinajstić information content (AvgIpc) is 2.85. The third-order valence-electron chi connectivity index (χ3n) is 6.49. The van der Waals surface area contributed by atoms with Gasteiger partial charge in [-0.1, -0.05) is 52.4 Å². The van der Waals surface area contributed by atoms with Crippen LogP contribution in [0, 0.1) is 0 Å². The van der Waals surface area contributed by atoms with Gasteiger partial charge in [0, 0.05) is 51.4 Å². The van der Waals surface area contributed by atoms with E-state index in [2.05, 4.69) is 37.7 Å². The maximum Gasteiger partial charge on any atom is 0.253 e. The first-order valence-electron chi connectivity index (χ1n) is 13.3. The molecule has 0 unspecified atom stereocenters. The van der Waals surface area contributed by atoms with Crippen LogP contribution in [0.4, 0.5) is 0 Å². The first-order chi connectivity index (χ1) is 16.3. The van der Waals surface area contributed by atoms with E-state index in [4.69, 9.17) is 0 Å². The zero-order chi connectivity index (χ0) is 25.3. The summed E-state index contributed by atoms with van der Waals surface area (Å²) in [6.45, 7) is 9.70. The molecule has 0 saturated carbocycles. The summed E-state index contributed by atoms with van der Waals surface area (Å²) >= 11 is 0. The second kappa shape index (κ2) is 17.5. The van der Waals surface area contributed by atoms with E-state index >= 15 is 0 Å². The monoisotopic (exact) mass is 474 g/mol. The zero-order valence-electron chi connectivity index (χ0n) is 22.8. The van der Waals surface area contributed by atoms with Crippen LogP contribution in [0.2, 0.25) is 0 Å². The highest BCUT2D eigenvalue weighted by atomic mass is 16.2. The number of benzene rings is 1. The van der Waals surface area contributed by atoms with E-state index < -0.39 is 0 Å². The molecule has 0 aliphatic heterocycles. The van der Waals surface area contributed by atoms with Crippen molar-refractivity contribution in [2.24, 2.45) is 0 Å². The molecule has 0 fully saturated rings. The van der Waals surface area contributed by atoms with Crippen molar-refractivity contribution < 1.29 is 9.59 Å². The zero-order valence-corrected chi connectivity index (χ0v) is 22.8. The van der Waals surface area contributed by atoms with E-state index in [1.165, 1.54) is 51.4 Å². The Morgan fingerprint density at radius 2 is 0.882 bits per heavy atom. The molecule has 6 heteroatoms. The largest absolute Gasteiger partial charge is 0.340 e. The molecule has 34 heavy (non-hydrogen) atoms. The molecule has 1 aromatic carbocycles. The molecule has 0 bridgehead atoms. The van der Waals surface area contributed by atoms with Gasteiger partial charge >= 0.3 is 0 Å². The van der Waals surface area contributed by atoms with Crippen molar-refractivity contribution in [3.8, 4) is 0 Å². The van der Waals surface area contributed by atoms with Gasteiger partial charge in [0.2, 0.25) is 0 Å². The SMILES string of the molecule is CCCCCCN(C)CCN(C)C(=O)c1ccc(C(=O)N(C)CCN(C)CCCCCC)cc1. The fraction of sp³-hybridized carbons (Fsp3) is 0.714. The Morgan fingerprint density at radius 3 is 1.21 bits per heavy atom. The van der Waals surface area contributed by atoms with E-state index in [0.717, 1.165) is 26.2 Å². The molecule has 0 aliphatic carbocycles. The Morgan fingerprint density at radius 1 is 0.529 bits per heavy atom. The molecule has 0 N–H and O–H groups in total. The predicted molar refractivity (Wildman–Crippen MR) is 144 cm³/mol. The number of unbranched alkanes of at least 4 members (excludes halogenated alkanes) is 6. The molecule has 0 aliphatic rings. The van der Waals surface area contributed by atoms with Gasteiger partial charge in [0.15, 0.2) is 0 Å². The summed E-state index contributed by atoms with van der Waals surface area (Å²) in [5.41, 5.74) is 1.25. The van der Waals surface area contributed by atoms with Crippen LogP contribution in [0.15, 0.2) is 24.3 Å². The third kappa shape index (κ3) is 12.0. The number of rotatable bonds is 18. The van der Waals surface area contributed by atoms with Crippen molar-refractivity contribution in [2.45, 2.75) is 65.2 Å². The van der Waals surface area contributed by atoms with Gasteiger partial charge in [-0.15, -0.1) is 0 Å². The molecule has 1 aromatic rings. The topological polar surface area (TPSA) is 47.1 Å². The van der Waals surface area contributed by atoms with E-state index in [0.29, 0.717) is 24.2 Å². The normalized spacial score (nSPS) is 11.3. The fourth-order valence-electron chi connectivity index (χ4n) is 3.88. The van der Waals surface area contributed by atoms with Gasteiger partial charge < -0.3 is 19.6 Å². The maximum atomic E-state index is 12.8. The van der Waals surface area contributed by atoms with E-state index in [1.807, 2.05) is 14.1 Å². The van der Waals surface area contributed by atoms with E-state index in [-0.39, 0.29) is 11.8 Å². The standard InChI is InChI=1S/C28H50N4O2/c1-7-9-11-13-19-29(3)21-23-31(5)27(33)25-15-17-26(18-16-25)28(34)32(6)24-22-30(4)20-14-12-10-8-2/h15-18H,7-14,19-24H2,1-6H3. The first-order valence-corrected chi connectivity index (χ1v) is 13.3. The molecule has 0 saturated heterocycles. The highest BCUT2D eigenvalue weighted by molar-refractivity contribution is 5.97. The van der Waals surface area contributed by atoms with Gasteiger partial charge in [-0.05, 0) is 64.3 Å². The smallest absolute Gasteiger partial charge is 0.253 e. The van der Waals surface area contributed by atoms with Crippen molar-refractivity contribution in [1.82, 2.24) is 19.6 Å². The van der Waals surface area contributed by atoms with Crippen molar-refractivity contribution in [1.29, 1.82) is 0 Å². The van der Waals surface area contributed by atoms with Gasteiger partial charge in [-0.25, -0.2) is 0 Å². The maximum absolute atomic E-state index is 12.8. The van der Waals surface area contributed by atoms with Gasteiger partial charge in [-0.3, -0.25) is 9.59 Å². The average molecular weight is 475 g/mol. The number of amides is 2. The van der Waals surface area contributed by atoms with E-state index in [1.54, 1.807) is 34.1 Å². The van der Waals surface area contributed by atoms with Crippen LogP contribution < -0.4 is 0 Å². The molecule has 6 nitrogen and oxygen atoms in total. The lowest BCUT2D eigenvalue weighted by Gasteiger charge is -2.23. The van der Waals surface area contributed by atoms with Crippen molar-refractivity contribution in [2.75, 3.05) is 67.5 Å². The van der Waals surface area contributed by atoms with Crippen LogP contribution >= 0.6 is 0 Å². The van der Waals surface area contributed by atoms with Crippen LogP contribution in [0.5, 0.6) is 0 Å². The molecule has 0 spiro atoms. The Bertz CT molecular complexity index is 633. The minimum absolute atomic E-state index is 0.00330. The van der Waals surface area contributed by atoms with Crippen molar-refractivity contribution in [3.63, 3.8) is 0 Å². The molecular formula is C28H50N4O2. The molecule has 194 valence electrons. The number of carbonyl (C=O) groups is 2. The Kier molecular flexibility index (Phi) is 15.5. The number of nitrogens with zero attached hydrogens (tertiary/aromatic N) is 4. The molecule has 2 amide bonds. The van der Waals surface area contributed by atoms with Gasteiger partial charge in [-0.2, -0.15) is 0 Å². The second-order valence-electron chi connectivity index (χ2n) is 9.76. The fourth-order valence-corrected chi connectivity index (χ4v) is 3.88. The third-order valence-corrected chi connectivity index (χ3v) is 6.49. The molecule has 0 atom stereocenters. The van der Waals surface area contributed by atoms with Crippen LogP contribution in [-0.2, 0) is 0 Å².